The van der Waals surface area contributed by atoms with Gasteiger partial charge in [-0.25, -0.2) is 4.79 Å². The van der Waals surface area contributed by atoms with Crippen molar-refractivity contribution in [3.05, 3.63) is 0 Å². The van der Waals surface area contributed by atoms with Gasteiger partial charge in [0, 0.05) is 0 Å². The fourth-order valence-electron chi connectivity index (χ4n) is 0.317. The number of hydrogen-bond donors (Lipinski definition) is 2. The number of halogens is 1. The normalized spacial score (nSPS) is 11.8. The summed E-state index contributed by atoms with van der Waals surface area (Å²) < 4.78 is 4.15. The second-order valence-electron chi connectivity index (χ2n) is 2.70. The molecule has 0 aromatic heterocycles. The quantitative estimate of drug-likeness (QED) is 0.405. The Morgan fingerprint density at radius 3 is 2.36 bits per heavy atom. The number of carbonyl (C=O) groups excluding carboxylic acids is 1. The van der Waals surface area contributed by atoms with Crippen molar-refractivity contribution in [1.29, 1.82) is 0 Å². The summed E-state index contributed by atoms with van der Waals surface area (Å²) in [5.41, 5.74) is 0. The lowest BCUT2D eigenvalue weighted by molar-refractivity contribution is -0.173. The fourth-order valence-corrected chi connectivity index (χ4v) is 0.432. The maximum Gasteiger partial charge on any atom is 0.363 e. The first-order valence-corrected chi connectivity index (χ1v) is 3.84. The third kappa shape index (κ3) is 6.28. The van der Waals surface area contributed by atoms with Crippen molar-refractivity contribution in [3.63, 3.8) is 0 Å². The lowest BCUT2D eigenvalue weighted by Crippen LogP contribution is -2.28. The topological polar surface area (TPSA) is 66.8 Å². The molecule has 0 spiro atoms. The molecule has 66 valence electrons. The van der Waals surface area contributed by atoms with Crippen LogP contribution in [0.25, 0.3) is 0 Å². The van der Waals surface area contributed by atoms with Crippen molar-refractivity contribution in [1.82, 2.24) is 0 Å². The minimum Gasteiger partial charge on any atom is -0.460 e. The third-order valence-electron chi connectivity index (χ3n) is 0.768. The molecule has 0 saturated carbocycles. The number of hydrogen-bond acceptors (Lipinski definition) is 4. The van der Waals surface area contributed by atoms with Gasteiger partial charge in [0.25, 0.3) is 6.29 Å². The van der Waals surface area contributed by atoms with Gasteiger partial charge in [-0.15, -0.1) is 0 Å². The van der Waals surface area contributed by atoms with E-state index in [4.69, 9.17) is 10.2 Å². The van der Waals surface area contributed by atoms with E-state index in [9.17, 15) is 4.79 Å². The third-order valence-corrected chi connectivity index (χ3v) is 0.997. The molecule has 0 atom stereocenters. The van der Waals surface area contributed by atoms with Gasteiger partial charge in [0.1, 0.15) is 6.61 Å². The Balaban J connectivity index is 3.64. The summed E-state index contributed by atoms with van der Waals surface area (Å²) in [5, 5.41) is 16.6. The average molecular weight is 227 g/mol. The van der Waals surface area contributed by atoms with Crippen LogP contribution < -0.4 is 0 Å². The molecule has 0 radical (unpaired) electrons. The number of aliphatic hydroxyl groups excluding tert-OH is 1. The van der Waals surface area contributed by atoms with E-state index < -0.39 is 12.3 Å². The summed E-state index contributed by atoms with van der Waals surface area (Å²) in [6.07, 6.45) is -2.04. The van der Waals surface area contributed by atoms with Crippen LogP contribution in [0.2, 0.25) is 0 Å². The minimum absolute atomic E-state index is 0.101. The highest BCUT2D eigenvalue weighted by Gasteiger charge is 2.18. The number of rotatable bonds is 3. The fraction of sp³-hybridized carbons (Fsp3) is 0.833. The maximum atomic E-state index is 10.4. The number of esters is 1. The Morgan fingerprint density at radius 2 is 2.09 bits per heavy atom. The molecule has 11 heavy (non-hydrogen) atoms. The van der Waals surface area contributed by atoms with Gasteiger partial charge >= 0.3 is 5.97 Å². The number of ether oxygens (including phenoxy) is 1. The highest BCUT2D eigenvalue weighted by molar-refractivity contribution is 9.10. The molecule has 0 aromatic rings. The molecule has 0 aliphatic carbocycles. The molecule has 5 heteroatoms. The Kier molecular flexibility index (Phi) is 3.99. The minimum atomic E-state index is -2.04. The van der Waals surface area contributed by atoms with Crippen LogP contribution in [0.15, 0.2) is 0 Å². The van der Waals surface area contributed by atoms with Crippen LogP contribution in [-0.2, 0) is 9.53 Å². The monoisotopic (exact) mass is 226 g/mol. The van der Waals surface area contributed by atoms with Gasteiger partial charge < -0.3 is 14.9 Å². The molecular weight excluding hydrogens is 216 g/mol. The van der Waals surface area contributed by atoms with Crippen molar-refractivity contribution in [3.8, 4) is 0 Å². The van der Waals surface area contributed by atoms with E-state index in [-0.39, 0.29) is 10.9 Å². The van der Waals surface area contributed by atoms with Gasteiger partial charge in [-0.1, -0.05) is 15.9 Å². The zero-order chi connectivity index (χ0) is 9.07. The van der Waals surface area contributed by atoms with Crippen molar-refractivity contribution < 1.29 is 19.7 Å². The van der Waals surface area contributed by atoms with Crippen LogP contribution in [0.5, 0.6) is 0 Å². The first kappa shape index (κ1) is 10.9. The molecule has 2 N–H and O–H groups in total. The molecular formula is C6H11BrO4. The molecule has 0 aromatic carbocycles. The van der Waals surface area contributed by atoms with Crippen LogP contribution >= 0.6 is 15.9 Å². The van der Waals surface area contributed by atoms with Gasteiger partial charge in [-0.2, -0.15) is 0 Å². The molecule has 0 fully saturated rings. The predicted octanol–water partition coefficient (Wildman–Crippen LogP) is 0.0138. The number of aliphatic hydroxyl groups is 2. The number of carbonyl (C=O) groups is 1. The summed E-state index contributed by atoms with van der Waals surface area (Å²) in [4.78, 5) is 10.4. The van der Waals surface area contributed by atoms with Crippen LogP contribution in [0, 0.1) is 0 Å². The van der Waals surface area contributed by atoms with Gasteiger partial charge in [0.15, 0.2) is 0 Å². The Hall–Kier alpha value is -0.130. The van der Waals surface area contributed by atoms with Gasteiger partial charge in [-0.05, 0) is 13.8 Å². The zero-order valence-corrected chi connectivity index (χ0v) is 7.96. The SMILES string of the molecule is CC(C)(Br)COC(=O)C(O)O. The second kappa shape index (κ2) is 4.04. The van der Waals surface area contributed by atoms with E-state index in [0.29, 0.717) is 0 Å². The maximum absolute atomic E-state index is 10.4. The van der Waals surface area contributed by atoms with E-state index in [1.807, 2.05) is 0 Å². The summed E-state index contributed by atoms with van der Waals surface area (Å²) >= 11 is 3.22. The Bertz CT molecular complexity index is 138. The van der Waals surface area contributed by atoms with Crippen LogP contribution in [-0.4, -0.2) is 33.4 Å². The lowest BCUT2D eigenvalue weighted by Gasteiger charge is -2.15. The molecule has 0 heterocycles. The molecule has 0 aliphatic heterocycles. The Morgan fingerprint density at radius 1 is 1.64 bits per heavy atom. The standard InChI is InChI=1S/C6H11BrO4/c1-6(2,7)3-11-5(10)4(8)9/h4,8-9H,3H2,1-2H3. The van der Waals surface area contributed by atoms with Gasteiger partial charge in [0.2, 0.25) is 0 Å². The van der Waals surface area contributed by atoms with E-state index in [1.165, 1.54) is 0 Å². The summed E-state index contributed by atoms with van der Waals surface area (Å²) in [6, 6.07) is 0. The van der Waals surface area contributed by atoms with E-state index in [0.717, 1.165) is 0 Å². The summed E-state index contributed by atoms with van der Waals surface area (Å²) in [6.45, 7) is 3.69. The Labute approximate surface area is 73.3 Å². The number of alkyl halides is 1. The van der Waals surface area contributed by atoms with Crippen molar-refractivity contribution in [2.24, 2.45) is 0 Å². The highest BCUT2D eigenvalue weighted by Crippen LogP contribution is 2.15. The summed E-state index contributed by atoms with van der Waals surface area (Å²) in [7, 11) is 0. The molecule has 4 nitrogen and oxygen atoms in total. The largest absolute Gasteiger partial charge is 0.460 e. The molecule has 0 rings (SSSR count). The summed E-state index contributed by atoms with van der Waals surface area (Å²) in [5.74, 6) is -1.03. The predicted molar refractivity (Wildman–Crippen MR) is 42.2 cm³/mol. The van der Waals surface area contributed by atoms with Crippen LogP contribution in [0.3, 0.4) is 0 Å². The van der Waals surface area contributed by atoms with Crippen molar-refractivity contribution in [2.45, 2.75) is 24.5 Å². The van der Waals surface area contributed by atoms with E-state index in [2.05, 4.69) is 20.7 Å². The lowest BCUT2D eigenvalue weighted by atomic mass is 10.2. The van der Waals surface area contributed by atoms with Crippen molar-refractivity contribution >= 4 is 21.9 Å². The smallest absolute Gasteiger partial charge is 0.363 e. The zero-order valence-electron chi connectivity index (χ0n) is 6.37. The average Bonchev–Trinajstić information content (AvgIpc) is 1.80. The highest BCUT2D eigenvalue weighted by atomic mass is 79.9. The van der Waals surface area contributed by atoms with E-state index in [1.54, 1.807) is 13.8 Å². The van der Waals surface area contributed by atoms with Crippen LogP contribution in [0.4, 0.5) is 0 Å². The van der Waals surface area contributed by atoms with Gasteiger partial charge in [0.05, 0.1) is 4.32 Å². The van der Waals surface area contributed by atoms with Crippen LogP contribution in [0.1, 0.15) is 13.8 Å². The first-order valence-electron chi connectivity index (χ1n) is 3.04. The molecule has 0 amide bonds. The first-order chi connectivity index (χ1) is 4.83. The van der Waals surface area contributed by atoms with Crippen molar-refractivity contribution in [2.75, 3.05) is 6.61 Å². The van der Waals surface area contributed by atoms with E-state index >= 15 is 0 Å². The second-order valence-corrected chi connectivity index (χ2v) is 4.85. The molecule has 0 aliphatic rings. The molecule has 0 unspecified atom stereocenters. The van der Waals surface area contributed by atoms with Gasteiger partial charge in [-0.3, -0.25) is 0 Å². The molecule has 0 bridgehead atoms. The molecule has 0 saturated heterocycles.